The zero-order valence-corrected chi connectivity index (χ0v) is 12.2. The van der Waals surface area contributed by atoms with Crippen LogP contribution in [0.5, 0.6) is 0 Å². The summed E-state index contributed by atoms with van der Waals surface area (Å²) in [7, 11) is 0. The monoisotopic (exact) mass is 297 g/mol. The molecule has 0 spiro atoms. The fraction of sp³-hybridized carbons (Fsp3) is 0.571. The van der Waals surface area contributed by atoms with E-state index in [0.29, 0.717) is 0 Å². The molecule has 3 unspecified atom stereocenters. The van der Waals surface area contributed by atoms with Crippen LogP contribution in [0.1, 0.15) is 32.4 Å². The van der Waals surface area contributed by atoms with Gasteiger partial charge in [-0.25, -0.2) is 0 Å². The number of halogens is 1. The van der Waals surface area contributed by atoms with Gasteiger partial charge in [0.25, 0.3) is 0 Å². The molecule has 1 aromatic rings. The Morgan fingerprint density at radius 1 is 1.29 bits per heavy atom. The molecule has 0 aromatic heterocycles. The third kappa shape index (κ3) is 2.66. The van der Waals surface area contributed by atoms with Gasteiger partial charge in [0.2, 0.25) is 0 Å². The summed E-state index contributed by atoms with van der Waals surface area (Å²) in [5.41, 5.74) is 2.19. The van der Waals surface area contributed by atoms with Gasteiger partial charge in [0, 0.05) is 28.8 Å². The van der Waals surface area contributed by atoms with E-state index in [9.17, 15) is 5.11 Å². The highest BCUT2D eigenvalue weighted by molar-refractivity contribution is 9.10. The number of hydrogen-bond acceptors (Lipinski definition) is 2. The Labute approximate surface area is 112 Å². The molecular formula is C14H20BrNO. The fourth-order valence-corrected chi connectivity index (χ4v) is 2.85. The van der Waals surface area contributed by atoms with Crippen LogP contribution in [0.4, 0.5) is 5.69 Å². The molecule has 1 aliphatic heterocycles. The first-order valence-corrected chi connectivity index (χ1v) is 7.00. The molecule has 3 heteroatoms. The predicted molar refractivity (Wildman–Crippen MR) is 75.3 cm³/mol. The molecule has 94 valence electrons. The van der Waals surface area contributed by atoms with Crippen LogP contribution in [0.15, 0.2) is 22.7 Å². The minimum atomic E-state index is -0.422. The van der Waals surface area contributed by atoms with Gasteiger partial charge in [-0.05, 0) is 37.0 Å². The second-order valence-corrected chi connectivity index (χ2v) is 6.15. The zero-order chi connectivity index (χ0) is 12.6. The van der Waals surface area contributed by atoms with E-state index in [2.05, 4.69) is 46.8 Å². The van der Waals surface area contributed by atoms with Crippen molar-refractivity contribution in [1.82, 2.24) is 0 Å². The SMILES string of the molecule is CC(O)c1cc(Br)ccc1N1CC(C)C(C)C1. The van der Waals surface area contributed by atoms with Crippen molar-refractivity contribution in [3.05, 3.63) is 28.2 Å². The molecule has 17 heavy (non-hydrogen) atoms. The molecule has 0 aliphatic carbocycles. The second kappa shape index (κ2) is 4.99. The third-order valence-corrected chi connectivity index (χ3v) is 4.26. The maximum absolute atomic E-state index is 9.87. The van der Waals surface area contributed by atoms with E-state index in [1.54, 1.807) is 0 Å². The first-order chi connectivity index (χ1) is 7.99. The predicted octanol–water partition coefficient (Wildman–Crippen LogP) is 3.59. The van der Waals surface area contributed by atoms with Gasteiger partial charge in [-0.1, -0.05) is 29.8 Å². The van der Waals surface area contributed by atoms with Gasteiger partial charge in [0.05, 0.1) is 6.10 Å². The minimum absolute atomic E-state index is 0.422. The Bertz CT molecular complexity index is 395. The summed E-state index contributed by atoms with van der Waals surface area (Å²) < 4.78 is 1.03. The standard InChI is InChI=1S/C14H20BrNO/c1-9-7-16(8-10(9)2)14-5-4-12(15)6-13(14)11(3)17/h4-6,9-11,17H,7-8H2,1-3H3. The molecular weight excluding hydrogens is 278 g/mol. The van der Waals surface area contributed by atoms with Crippen LogP contribution < -0.4 is 4.90 Å². The van der Waals surface area contributed by atoms with Crippen molar-refractivity contribution in [2.75, 3.05) is 18.0 Å². The summed E-state index contributed by atoms with van der Waals surface area (Å²) in [6.07, 6.45) is -0.422. The number of nitrogens with zero attached hydrogens (tertiary/aromatic N) is 1. The number of hydrogen-bond donors (Lipinski definition) is 1. The van der Waals surface area contributed by atoms with E-state index < -0.39 is 6.10 Å². The minimum Gasteiger partial charge on any atom is -0.389 e. The summed E-state index contributed by atoms with van der Waals surface area (Å²) in [5.74, 6) is 1.45. The van der Waals surface area contributed by atoms with Crippen molar-refractivity contribution in [3.63, 3.8) is 0 Å². The molecule has 3 atom stereocenters. The third-order valence-electron chi connectivity index (χ3n) is 3.77. The van der Waals surface area contributed by atoms with E-state index in [1.165, 1.54) is 5.69 Å². The van der Waals surface area contributed by atoms with Crippen LogP contribution in [0, 0.1) is 11.8 Å². The van der Waals surface area contributed by atoms with Crippen LogP contribution >= 0.6 is 15.9 Å². The lowest BCUT2D eigenvalue weighted by atomic mass is 10.0. The van der Waals surface area contributed by atoms with Crippen LogP contribution in [0.25, 0.3) is 0 Å². The molecule has 0 amide bonds. The van der Waals surface area contributed by atoms with Crippen molar-refractivity contribution in [3.8, 4) is 0 Å². The fourth-order valence-electron chi connectivity index (χ4n) is 2.47. The number of aliphatic hydroxyl groups excluding tert-OH is 1. The Morgan fingerprint density at radius 2 is 1.88 bits per heavy atom. The quantitative estimate of drug-likeness (QED) is 0.902. The number of benzene rings is 1. The summed E-state index contributed by atoms with van der Waals surface area (Å²) >= 11 is 3.47. The number of rotatable bonds is 2. The van der Waals surface area contributed by atoms with Crippen LogP contribution in [0.2, 0.25) is 0 Å². The maximum atomic E-state index is 9.87. The molecule has 1 aliphatic rings. The average molecular weight is 298 g/mol. The van der Waals surface area contributed by atoms with E-state index in [4.69, 9.17) is 0 Å². The molecule has 2 rings (SSSR count). The van der Waals surface area contributed by atoms with E-state index in [1.807, 2.05) is 13.0 Å². The smallest absolute Gasteiger partial charge is 0.0782 e. The summed E-state index contributed by atoms with van der Waals surface area (Å²) in [5, 5.41) is 9.87. The first kappa shape index (κ1) is 12.9. The largest absolute Gasteiger partial charge is 0.389 e. The van der Waals surface area contributed by atoms with Crippen molar-refractivity contribution >= 4 is 21.6 Å². The van der Waals surface area contributed by atoms with Gasteiger partial charge in [0.1, 0.15) is 0 Å². The highest BCUT2D eigenvalue weighted by Gasteiger charge is 2.27. The molecule has 0 bridgehead atoms. The Kier molecular flexibility index (Phi) is 3.79. The van der Waals surface area contributed by atoms with Crippen molar-refractivity contribution in [1.29, 1.82) is 0 Å². The number of aliphatic hydroxyl groups is 1. The van der Waals surface area contributed by atoms with E-state index in [0.717, 1.165) is 35.0 Å². The Hall–Kier alpha value is -0.540. The van der Waals surface area contributed by atoms with Crippen LogP contribution in [0.3, 0.4) is 0 Å². The molecule has 2 nitrogen and oxygen atoms in total. The van der Waals surface area contributed by atoms with Crippen LogP contribution in [-0.2, 0) is 0 Å². The molecule has 0 radical (unpaired) electrons. The van der Waals surface area contributed by atoms with E-state index in [-0.39, 0.29) is 0 Å². The van der Waals surface area contributed by atoms with Crippen molar-refractivity contribution < 1.29 is 5.11 Å². The van der Waals surface area contributed by atoms with Gasteiger partial charge >= 0.3 is 0 Å². The lowest BCUT2D eigenvalue weighted by Crippen LogP contribution is -2.21. The first-order valence-electron chi connectivity index (χ1n) is 6.21. The lowest BCUT2D eigenvalue weighted by Gasteiger charge is -2.23. The van der Waals surface area contributed by atoms with Gasteiger partial charge in [-0.3, -0.25) is 0 Å². The normalized spacial score (nSPS) is 26.3. The van der Waals surface area contributed by atoms with Crippen molar-refractivity contribution in [2.24, 2.45) is 11.8 Å². The number of anilines is 1. The maximum Gasteiger partial charge on any atom is 0.0782 e. The van der Waals surface area contributed by atoms with E-state index >= 15 is 0 Å². The Morgan fingerprint density at radius 3 is 2.41 bits per heavy atom. The topological polar surface area (TPSA) is 23.5 Å². The molecule has 1 heterocycles. The molecule has 1 fully saturated rings. The summed E-state index contributed by atoms with van der Waals surface area (Å²) in [6.45, 7) is 8.59. The van der Waals surface area contributed by atoms with Gasteiger partial charge in [0.15, 0.2) is 0 Å². The highest BCUT2D eigenvalue weighted by Crippen LogP contribution is 2.34. The van der Waals surface area contributed by atoms with Crippen molar-refractivity contribution in [2.45, 2.75) is 26.9 Å². The Balaban J connectivity index is 2.32. The van der Waals surface area contributed by atoms with Gasteiger partial charge in [-0.2, -0.15) is 0 Å². The summed E-state index contributed by atoms with van der Waals surface area (Å²) in [4.78, 5) is 2.39. The van der Waals surface area contributed by atoms with Crippen LogP contribution in [-0.4, -0.2) is 18.2 Å². The highest BCUT2D eigenvalue weighted by atomic mass is 79.9. The lowest BCUT2D eigenvalue weighted by molar-refractivity contribution is 0.199. The molecule has 0 saturated carbocycles. The molecule has 1 aromatic carbocycles. The van der Waals surface area contributed by atoms with Gasteiger partial charge < -0.3 is 10.0 Å². The second-order valence-electron chi connectivity index (χ2n) is 5.24. The zero-order valence-electron chi connectivity index (χ0n) is 10.7. The molecule has 1 saturated heterocycles. The molecule has 1 N–H and O–H groups in total. The summed E-state index contributed by atoms with van der Waals surface area (Å²) in [6, 6.07) is 6.18. The van der Waals surface area contributed by atoms with Gasteiger partial charge in [-0.15, -0.1) is 0 Å². The average Bonchev–Trinajstić information content (AvgIpc) is 2.59.